The van der Waals surface area contributed by atoms with E-state index in [4.69, 9.17) is 16.3 Å². The predicted octanol–water partition coefficient (Wildman–Crippen LogP) is 2.67. The molecule has 1 amide bonds. The maximum Gasteiger partial charge on any atom is 0.249 e. The molecule has 26 heavy (non-hydrogen) atoms. The Kier molecular flexibility index (Phi) is 5.39. The van der Waals surface area contributed by atoms with Gasteiger partial charge in [0.05, 0.1) is 36.8 Å². The van der Waals surface area contributed by atoms with Crippen LogP contribution in [0.1, 0.15) is 19.0 Å². The first kappa shape index (κ1) is 18.2. The van der Waals surface area contributed by atoms with Crippen LogP contribution in [0, 0.1) is 0 Å². The van der Waals surface area contributed by atoms with Crippen molar-refractivity contribution in [2.75, 3.05) is 7.11 Å². The number of methoxy groups -OCH3 is 1. The number of hydrogen-bond donors (Lipinski definition) is 3. The number of ether oxygens (including phenoxy) is 1. The van der Waals surface area contributed by atoms with E-state index in [1.165, 1.54) is 13.3 Å². The fraction of sp³-hybridized carbons (Fsp3) is 0.278. The largest absolute Gasteiger partial charge is 0.480 e. The first-order chi connectivity index (χ1) is 12.5. The molecule has 3 aromatic rings. The normalized spacial score (nSPS) is 12.2. The molecule has 0 saturated heterocycles. The Hall–Kier alpha value is -2.64. The molecule has 1 aromatic carbocycles. The number of halogens is 1. The van der Waals surface area contributed by atoms with E-state index in [1.54, 1.807) is 13.1 Å². The number of nitrogens with one attached hydrogen (secondary N) is 2. The van der Waals surface area contributed by atoms with Gasteiger partial charge in [0.15, 0.2) is 0 Å². The van der Waals surface area contributed by atoms with Crippen molar-refractivity contribution in [2.45, 2.75) is 26.0 Å². The fourth-order valence-corrected chi connectivity index (χ4v) is 2.82. The summed E-state index contributed by atoms with van der Waals surface area (Å²) in [6.45, 7) is 2.04. The first-order valence-electron chi connectivity index (χ1n) is 8.15. The lowest BCUT2D eigenvalue weighted by Crippen LogP contribution is -2.33. The highest BCUT2D eigenvalue weighted by Crippen LogP contribution is 2.31. The maximum atomic E-state index is 11.7. The fourth-order valence-electron chi connectivity index (χ4n) is 2.55. The van der Waals surface area contributed by atoms with Crippen molar-refractivity contribution in [3.8, 4) is 17.1 Å². The Morgan fingerprint density at radius 3 is 2.81 bits per heavy atom. The Bertz CT molecular complexity index is 924. The predicted molar refractivity (Wildman–Crippen MR) is 99.0 cm³/mol. The molecular weight excluding hydrogens is 356 g/mol. The second kappa shape index (κ2) is 7.72. The van der Waals surface area contributed by atoms with E-state index in [0.717, 1.165) is 22.2 Å². The number of carbonyl (C=O) groups is 1. The van der Waals surface area contributed by atoms with Crippen LogP contribution in [-0.2, 0) is 11.3 Å². The molecule has 0 aliphatic carbocycles. The average molecular weight is 375 g/mol. The van der Waals surface area contributed by atoms with Crippen LogP contribution in [0.2, 0.25) is 5.02 Å². The van der Waals surface area contributed by atoms with E-state index in [2.05, 4.69) is 20.3 Å². The lowest BCUT2D eigenvalue weighted by atomic mass is 10.1. The number of aromatic amines is 1. The summed E-state index contributed by atoms with van der Waals surface area (Å²) in [7, 11) is 1.53. The van der Waals surface area contributed by atoms with Crippen molar-refractivity contribution in [3.63, 3.8) is 0 Å². The van der Waals surface area contributed by atoms with Gasteiger partial charge in [0.25, 0.3) is 0 Å². The van der Waals surface area contributed by atoms with E-state index in [-0.39, 0.29) is 0 Å². The van der Waals surface area contributed by atoms with Gasteiger partial charge in [-0.1, -0.05) is 18.5 Å². The highest BCUT2D eigenvalue weighted by Gasteiger charge is 2.13. The number of amides is 1. The number of fused-ring (bicyclic) bond motifs is 1. The van der Waals surface area contributed by atoms with Gasteiger partial charge in [-0.15, -0.1) is 0 Å². The summed E-state index contributed by atoms with van der Waals surface area (Å²) in [6, 6.07) is 5.63. The number of rotatable bonds is 6. The SMILES string of the molecule is CC[C@H](O)C(=O)NCc1cc2cc(Cl)c(-c3cnc(OC)cn3)cc2[nH]1. The minimum absolute atomic E-state index is 0.292. The number of hydrogen-bond acceptors (Lipinski definition) is 5. The van der Waals surface area contributed by atoms with Crippen LogP contribution in [0.15, 0.2) is 30.6 Å². The maximum absolute atomic E-state index is 11.7. The smallest absolute Gasteiger partial charge is 0.249 e. The third kappa shape index (κ3) is 3.79. The van der Waals surface area contributed by atoms with Gasteiger partial charge in [0.1, 0.15) is 6.10 Å². The average Bonchev–Trinajstić information content (AvgIpc) is 3.06. The molecule has 136 valence electrons. The third-order valence-electron chi connectivity index (χ3n) is 4.02. The first-order valence-corrected chi connectivity index (χ1v) is 8.53. The van der Waals surface area contributed by atoms with Crippen LogP contribution < -0.4 is 10.1 Å². The summed E-state index contributed by atoms with van der Waals surface area (Å²) in [5.41, 5.74) is 3.05. The molecule has 0 radical (unpaired) electrons. The van der Waals surface area contributed by atoms with E-state index in [1.807, 2.05) is 18.2 Å². The van der Waals surface area contributed by atoms with Gasteiger partial charge in [-0.25, -0.2) is 9.97 Å². The third-order valence-corrected chi connectivity index (χ3v) is 4.33. The van der Waals surface area contributed by atoms with Crippen LogP contribution in [0.5, 0.6) is 5.88 Å². The summed E-state index contributed by atoms with van der Waals surface area (Å²) in [5, 5.41) is 13.7. The Morgan fingerprint density at radius 2 is 2.15 bits per heavy atom. The van der Waals surface area contributed by atoms with Crippen molar-refractivity contribution in [3.05, 3.63) is 41.3 Å². The molecule has 2 aromatic heterocycles. The van der Waals surface area contributed by atoms with Crippen molar-refractivity contribution in [1.29, 1.82) is 0 Å². The van der Waals surface area contributed by atoms with Crippen molar-refractivity contribution >= 4 is 28.4 Å². The summed E-state index contributed by atoms with van der Waals surface area (Å²) in [4.78, 5) is 23.4. The standard InChI is InChI=1S/C18H19ClN4O3/c1-3-16(24)18(25)22-7-11-4-10-5-13(19)12(6-14(10)23-11)15-8-21-17(26-2)9-20-15/h4-6,8-9,16,23-24H,3,7H2,1-2H3,(H,22,25)/t16-/m0/s1. The highest BCUT2D eigenvalue weighted by molar-refractivity contribution is 6.34. The van der Waals surface area contributed by atoms with E-state index >= 15 is 0 Å². The number of carbonyl (C=O) groups excluding carboxylic acids is 1. The van der Waals surface area contributed by atoms with Crippen LogP contribution in [0.3, 0.4) is 0 Å². The lowest BCUT2D eigenvalue weighted by Gasteiger charge is -2.07. The van der Waals surface area contributed by atoms with Gasteiger partial charge in [0, 0.05) is 22.2 Å². The van der Waals surface area contributed by atoms with Crippen molar-refractivity contribution in [1.82, 2.24) is 20.3 Å². The summed E-state index contributed by atoms with van der Waals surface area (Å²) in [6.07, 6.45) is 2.52. The van der Waals surface area contributed by atoms with Crippen molar-refractivity contribution < 1.29 is 14.6 Å². The van der Waals surface area contributed by atoms with E-state index in [0.29, 0.717) is 29.6 Å². The van der Waals surface area contributed by atoms with Gasteiger partial charge in [-0.05, 0) is 24.6 Å². The van der Waals surface area contributed by atoms with Gasteiger partial charge in [-0.2, -0.15) is 0 Å². The zero-order valence-corrected chi connectivity index (χ0v) is 15.2. The van der Waals surface area contributed by atoms with Crippen LogP contribution in [0.25, 0.3) is 22.2 Å². The molecule has 3 rings (SSSR count). The second-order valence-electron chi connectivity index (χ2n) is 5.80. The monoisotopic (exact) mass is 374 g/mol. The zero-order chi connectivity index (χ0) is 18.7. The molecule has 3 N–H and O–H groups in total. The van der Waals surface area contributed by atoms with Gasteiger partial charge in [-0.3, -0.25) is 4.79 Å². The van der Waals surface area contributed by atoms with Gasteiger partial charge < -0.3 is 20.1 Å². The molecule has 0 aliphatic rings. The number of aliphatic hydroxyl groups is 1. The molecule has 0 aliphatic heterocycles. The molecule has 1 atom stereocenters. The van der Waals surface area contributed by atoms with E-state index < -0.39 is 12.0 Å². The Labute approximate surface area is 155 Å². The molecule has 0 spiro atoms. The minimum Gasteiger partial charge on any atom is -0.480 e. The Morgan fingerprint density at radius 1 is 1.35 bits per heavy atom. The molecule has 0 fully saturated rings. The summed E-state index contributed by atoms with van der Waals surface area (Å²) >= 11 is 6.39. The number of aromatic nitrogens is 3. The topological polar surface area (TPSA) is 100 Å². The zero-order valence-electron chi connectivity index (χ0n) is 14.4. The van der Waals surface area contributed by atoms with Gasteiger partial charge >= 0.3 is 0 Å². The molecule has 0 bridgehead atoms. The van der Waals surface area contributed by atoms with Crippen LogP contribution in [-0.4, -0.2) is 39.2 Å². The summed E-state index contributed by atoms with van der Waals surface area (Å²) < 4.78 is 5.01. The van der Waals surface area contributed by atoms with E-state index in [9.17, 15) is 9.90 Å². The number of H-pyrrole nitrogens is 1. The summed E-state index contributed by atoms with van der Waals surface area (Å²) in [5.74, 6) is 0.0384. The molecule has 7 nitrogen and oxygen atoms in total. The molecule has 0 unspecified atom stereocenters. The number of aliphatic hydroxyl groups excluding tert-OH is 1. The molecule has 8 heteroatoms. The van der Waals surface area contributed by atoms with Crippen molar-refractivity contribution in [2.24, 2.45) is 0 Å². The Balaban J connectivity index is 1.84. The minimum atomic E-state index is -0.992. The van der Waals surface area contributed by atoms with Crippen LogP contribution in [0.4, 0.5) is 0 Å². The van der Waals surface area contributed by atoms with Gasteiger partial charge in [0.2, 0.25) is 11.8 Å². The van der Waals surface area contributed by atoms with Crippen LogP contribution >= 0.6 is 11.6 Å². The number of nitrogens with zero attached hydrogens (tertiary/aromatic N) is 2. The second-order valence-corrected chi connectivity index (χ2v) is 6.21. The highest BCUT2D eigenvalue weighted by atomic mass is 35.5. The number of benzene rings is 1. The lowest BCUT2D eigenvalue weighted by molar-refractivity contribution is -0.129. The quantitative estimate of drug-likeness (QED) is 0.616. The molecule has 0 saturated carbocycles. The molecular formula is C18H19ClN4O3. The molecule has 2 heterocycles.